The number of carboxylic acid groups (broad SMARTS) is 1. The average molecular weight is 518 g/mol. The fourth-order valence-corrected chi connectivity index (χ4v) is 4.52. The highest BCUT2D eigenvalue weighted by molar-refractivity contribution is 7.98. The maximum atomic E-state index is 13.0. The van der Waals surface area contributed by atoms with Gasteiger partial charge in [0.25, 0.3) is 5.91 Å². The molecule has 2 heterocycles. The summed E-state index contributed by atoms with van der Waals surface area (Å²) in [6, 6.07) is 19.2. The summed E-state index contributed by atoms with van der Waals surface area (Å²) >= 11 is 1.56. The summed E-state index contributed by atoms with van der Waals surface area (Å²) in [5.41, 5.74) is 2.47. The average Bonchev–Trinajstić information content (AvgIpc) is 2.93. The predicted molar refractivity (Wildman–Crippen MR) is 147 cm³/mol. The van der Waals surface area contributed by atoms with Crippen molar-refractivity contribution < 1.29 is 19.8 Å². The Labute approximate surface area is 221 Å². The molecule has 0 aliphatic carbocycles. The van der Waals surface area contributed by atoms with Crippen LogP contribution in [0, 0.1) is 0 Å². The fourth-order valence-electron chi connectivity index (χ4n) is 3.72. The molecule has 37 heavy (non-hydrogen) atoms. The second kappa shape index (κ2) is 13.4. The normalized spacial score (nSPS) is 11.3. The number of hydrogen-bond donors (Lipinski definition) is 3. The van der Waals surface area contributed by atoms with Gasteiger partial charge in [-0.15, -0.1) is 11.8 Å². The number of pyridine rings is 2. The van der Waals surface area contributed by atoms with Crippen LogP contribution in [0.25, 0.3) is 10.9 Å². The molecule has 192 valence electrons. The Balaban J connectivity index is 0.00000186. The minimum Gasteiger partial charge on any atom is -0.508 e. The van der Waals surface area contributed by atoms with Crippen LogP contribution in [0.15, 0.2) is 78.0 Å². The minimum absolute atomic E-state index is 0.0384. The van der Waals surface area contributed by atoms with Crippen LogP contribution in [0.4, 0.5) is 0 Å². The number of phenols is 1. The van der Waals surface area contributed by atoms with Crippen LogP contribution in [0.1, 0.15) is 59.2 Å². The summed E-state index contributed by atoms with van der Waals surface area (Å²) in [6.07, 6.45) is 3.00. The molecule has 0 aliphatic heterocycles. The molecular formula is C29H31N3O4S. The molecule has 1 unspecified atom stereocenters. The molecule has 1 atom stereocenters. The molecule has 4 rings (SSSR count). The van der Waals surface area contributed by atoms with Crippen molar-refractivity contribution in [2.75, 3.05) is 0 Å². The van der Waals surface area contributed by atoms with Gasteiger partial charge in [-0.1, -0.05) is 45.0 Å². The summed E-state index contributed by atoms with van der Waals surface area (Å²) in [5, 5.41) is 23.6. The number of aromatic nitrogens is 2. The van der Waals surface area contributed by atoms with Crippen LogP contribution < -0.4 is 5.32 Å². The number of fused-ring (bicyclic) bond motifs is 1. The lowest BCUT2D eigenvalue weighted by molar-refractivity contribution is 0.0699. The number of benzene rings is 2. The zero-order valence-corrected chi connectivity index (χ0v) is 22.0. The number of nitrogens with one attached hydrogen (secondary N) is 1. The van der Waals surface area contributed by atoms with Crippen molar-refractivity contribution in [2.24, 2.45) is 0 Å². The van der Waals surface area contributed by atoms with Crippen LogP contribution in [-0.4, -0.2) is 38.1 Å². The Bertz CT molecular complexity index is 1340. The van der Waals surface area contributed by atoms with E-state index in [1.807, 2.05) is 63.2 Å². The Morgan fingerprint density at radius 3 is 2.38 bits per heavy atom. The minimum atomic E-state index is -1.11. The number of carbonyl (C=O) groups excluding carboxylic acids is 1. The molecule has 0 fully saturated rings. The molecule has 2 aromatic heterocycles. The van der Waals surface area contributed by atoms with Crippen LogP contribution >= 0.6 is 11.8 Å². The van der Waals surface area contributed by atoms with Gasteiger partial charge in [-0.05, 0) is 66.4 Å². The Hall–Kier alpha value is -3.91. The number of aromatic carboxylic acids is 1. The Morgan fingerprint density at radius 1 is 1.00 bits per heavy atom. The number of nitrogens with zero attached hydrogens (tertiary/aromatic N) is 2. The molecule has 8 heteroatoms. The van der Waals surface area contributed by atoms with Crippen molar-refractivity contribution in [3.05, 3.63) is 95.3 Å². The Kier molecular flexibility index (Phi) is 10.0. The van der Waals surface area contributed by atoms with Crippen LogP contribution in [0.3, 0.4) is 0 Å². The largest absolute Gasteiger partial charge is 0.508 e. The summed E-state index contributed by atoms with van der Waals surface area (Å²) in [4.78, 5) is 33.8. The third-order valence-corrected chi connectivity index (χ3v) is 6.62. The number of thioether (sulfide) groups is 1. The standard InChI is InChI=1S/C27H25N3O4S.C2H6/c1-2-19(13-17-6-9-20(31)10-7-17)29-26(32)24-15-22(27(33)34)21-14-18(8-11-23(21)30-24)16-35-25-5-3-4-12-28-25;1-2/h3-12,14-15,19,31H,2,13,16H2,1H3,(H,29,32)(H,33,34);1-2H3. The number of aromatic hydroxyl groups is 1. The highest BCUT2D eigenvalue weighted by Crippen LogP contribution is 2.25. The fraction of sp³-hybridized carbons (Fsp3) is 0.241. The van der Waals surface area contributed by atoms with Gasteiger partial charge in [0, 0.05) is 23.4 Å². The van der Waals surface area contributed by atoms with E-state index in [0.717, 1.165) is 16.2 Å². The first-order valence-electron chi connectivity index (χ1n) is 12.2. The van der Waals surface area contributed by atoms with Gasteiger partial charge in [0.15, 0.2) is 0 Å². The molecule has 2 aromatic carbocycles. The summed E-state index contributed by atoms with van der Waals surface area (Å²) in [5.74, 6) is -0.721. The van der Waals surface area contributed by atoms with Gasteiger partial charge >= 0.3 is 5.97 Å². The zero-order chi connectivity index (χ0) is 26.8. The summed E-state index contributed by atoms with van der Waals surface area (Å²) in [6.45, 7) is 5.96. The van der Waals surface area contributed by atoms with Crippen molar-refractivity contribution in [2.45, 2.75) is 50.4 Å². The quantitative estimate of drug-likeness (QED) is 0.230. The van der Waals surface area contributed by atoms with Crippen LogP contribution in [0.5, 0.6) is 5.75 Å². The van der Waals surface area contributed by atoms with E-state index in [1.165, 1.54) is 6.07 Å². The van der Waals surface area contributed by atoms with Gasteiger partial charge < -0.3 is 15.5 Å². The molecule has 1 amide bonds. The molecule has 3 N–H and O–H groups in total. The second-order valence-electron chi connectivity index (χ2n) is 8.12. The van der Waals surface area contributed by atoms with Crippen molar-refractivity contribution >= 4 is 34.5 Å². The monoisotopic (exact) mass is 517 g/mol. The number of carbonyl (C=O) groups is 2. The number of amides is 1. The molecular weight excluding hydrogens is 486 g/mol. The van der Waals surface area contributed by atoms with Gasteiger partial charge in [0.1, 0.15) is 11.4 Å². The van der Waals surface area contributed by atoms with Gasteiger partial charge in [0.05, 0.1) is 16.1 Å². The van der Waals surface area contributed by atoms with E-state index >= 15 is 0 Å². The second-order valence-corrected chi connectivity index (χ2v) is 9.11. The number of hydrogen-bond acceptors (Lipinski definition) is 6. The van der Waals surface area contributed by atoms with Crippen molar-refractivity contribution in [1.82, 2.24) is 15.3 Å². The smallest absolute Gasteiger partial charge is 0.336 e. The van der Waals surface area contributed by atoms with E-state index in [9.17, 15) is 19.8 Å². The van der Waals surface area contributed by atoms with Crippen LogP contribution in [-0.2, 0) is 12.2 Å². The Morgan fingerprint density at radius 2 is 1.73 bits per heavy atom. The molecule has 0 saturated heterocycles. The number of rotatable bonds is 9. The molecule has 0 saturated carbocycles. The highest BCUT2D eigenvalue weighted by atomic mass is 32.2. The zero-order valence-electron chi connectivity index (χ0n) is 21.1. The molecule has 4 aromatic rings. The first-order valence-corrected chi connectivity index (χ1v) is 13.2. The molecule has 0 spiro atoms. The van der Waals surface area contributed by atoms with Gasteiger partial charge in [0.2, 0.25) is 0 Å². The van der Waals surface area contributed by atoms with Crippen molar-refractivity contribution in [1.29, 1.82) is 0 Å². The highest BCUT2D eigenvalue weighted by Gasteiger charge is 2.19. The molecule has 0 radical (unpaired) electrons. The van der Waals surface area contributed by atoms with E-state index < -0.39 is 11.9 Å². The van der Waals surface area contributed by atoms with Gasteiger partial charge in [-0.25, -0.2) is 14.8 Å². The predicted octanol–water partition coefficient (Wildman–Crippen LogP) is 6.10. The molecule has 0 bridgehead atoms. The third kappa shape index (κ3) is 7.54. The lowest BCUT2D eigenvalue weighted by Gasteiger charge is -2.17. The molecule has 7 nitrogen and oxygen atoms in total. The maximum Gasteiger partial charge on any atom is 0.336 e. The topological polar surface area (TPSA) is 112 Å². The lowest BCUT2D eigenvalue weighted by Crippen LogP contribution is -2.36. The first kappa shape index (κ1) is 27.7. The third-order valence-electron chi connectivity index (χ3n) is 5.61. The van der Waals surface area contributed by atoms with Crippen molar-refractivity contribution in [3.63, 3.8) is 0 Å². The summed E-state index contributed by atoms with van der Waals surface area (Å²) < 4.78 is 0. The lowest BCUT2D eigenvalue weighted by atomic mass is 10.0. The van der Waals surface area contributed by atoms with Crippen molar-refractivity contribution in [3.8, 4) is 5.75 Å². The van der Waals surface area contributed by atoms with E-state index in [-0.39, 0.29) is 23.0 Å². The number of carboxylic acids is 1. The van der Waals surface area contributed by atoms with Gasteiger partial charge in [-0.3, -0.25) is 4.79 Å². The molecule has 0 aliphatic rings. The summed E-state index contributed by atoms with van der Waals surface area (Å²) in [7, 11) is 0. The van der Waals surface area contributed by atoms with E-state index in [0.29, 0.717) is 29.5 Å². The van der Waals surface area contributed by atoms with Gasteiger partial charge in [-0.2, -0.15) is 0 Å². The first-order chi connectivity index (χ1) is 17.9. The maximum absolute atomic E-state index is 13.0. The number of phenolic OH excluding ortho intramolecular Hbond substituents is 1. The van der Waals surface area contributed by atoms with Crippen LogP contribution in [0.2, 0.25) is 0 Å². The van der Waals surface area contributed by atoms with E-state index in [1.54, 1.807) is 36.2 Å². The SMILES string of the molecule is CC.CCC(Cc1ccc(O)cc1)NC(=O)c1cc(C(=O)O)c2cc(CSc3ccccn3)ccc2n1. The van der Waals surface area contributed by atoms with E-state index in [2.05, 4.69) is 15.3 Å². The van der Waals surface area contributed by atoms with E-state index in [4.69, 9.17) is 0 Å².